The lowest BCUT2D eigenvalue weighted by Gasteiger charge is -1.95. The Morgan fingerprint density at radius 2 is 2.45 bits per heavy atom. The van der Waals surface area contributed by atoms with Crippen molar-refractivity contribution < 1.29 is 0 Å². The summed E-state index contributed by atoms with van der Waals surface area (Å²) in [7, 11) is 0. The van der Waals surface area contributed by atoms with Gasteiger partial charge in [0.2, 0.25) is 0 Å². The fourth-order valence-corrected chi connectivity index (χ4v) is 1.49. The molecule has 0 aliphatic heterocycles. The molecule has 0 unspecified atom stereocenters. The fraction of sp³-hybridized carbons (Fsp3) is 0.250. The molecule has 3 heteroatoms. The molecule has 1 aromatic heterocycles. The molecule has 60 valence electrons. The summed E-state index contributed by atoms with van der Waals surface area (Å²) in [4.78, 5) is 1.19. The van der Waals surface area contributed by atoms with E-state index in [4.69, 9.17) is 11.5 Å². The maximum Gasteiger partial charge on any atom is 0.0287 e. The van der Waals surface area contributed by atoms with E-state index in [2.05, 4.69) is 0 Å². The van der Waals surface area contributed by atoms with Crippen molar-refractivity contribution in [3.63, 3.8) is 0 Å². The summed E-state index contributed by atoms with van der Waals surface area (Å²) in [6.07, 6.45) is 2.75. The minimum Gasteiger partial charge on any atom is -0.402 e. The van der Waals surface area contributed by atoms with Crippen molar-refractivity contribution in [2.45, 2.75) is 6.42 Å². The average molecular weight is 168 g/mol. The van der Waals surface area contributed by atoms with Crippen molar-refractivity contribution in [2.75, 3.05) is 6.54 Å². The van der Waals surface area contributed by atoms with E-state index in [0.717, 1.165) is 12.1 Å². The molecule has 1 aromatic rings. The van der Waals surface area contributed by atoms with E-state index >= 15 is 0 Å². The van der Waals surface area contributed by atoms with Crippen LogP contribution in [0, 0.1) is 0 Å². The van der Waals surface area contributed by atoms with Gasteiger partial charge < -0.3 is 11.5 Å². The number of nitrogens with two attached hydrogens (primary N) is 2. The Kier molecular flexibility index (Phi) is 3.14. The van der Waals surface area contributed by atoms with Crippen LogP contribution in [0.4, 0.5) is 0 Å². The van der Waals surface area contributed by atoms with Crippen LogP contribution in [-0.4, -0.2) is 6.54 Å². The molecule has 0 bridgehead atoms. The van der Waals surface area contributed by atoms with Gasteiger partial charge in [0.15, 0.2) is 0 Å². The van der Waals surface area contributed by atoms with E-state index < -0.39 is 0 Å². The molecule has 1 rings (SSSR count). The Bertz CT molecular complexity index is 226. The second kappa shape index (κ2) is 4.16. The first-order chi connectivity index (χ1) is 5.33. The Morgan fingerprint density at radius 1 is 1.64 bits per heavy atom. The zero-order chi connectivity index (χ0) is 8.10. The highest BCUT2D eigenvalue weighted by atomic mass is 32.1. The van der Waals surface area contributed by atoms with E-state index in [1.54, 1.807) is 11.3 Å². The van der Waals surface area contributed by atoms with E-state index in [1.807, 2.05) is 23.6 Å². The molecule has 2 nitrogen and oxygen atoms in total. The lowest BCUT2D eigenvalue weighted by Crippen LogP contribution is -2.05. The van der Waals surface area contributed by atoms with Gasteiger partial charge in [-0.2, -0.15) is 0 Å². The summed E-state index contributed by atoms with van der Waals surface area (Å²) >= 11 is 1.68. The van der Waals surface area contributed by atoms with E-state index in [-0.39, 0.29) is 0 Å². The van der Waals surface area contributed by atoms with Crippen molar-refractivity contribution in [3.05, 3.63) is 28.1 Å². The molecule has 0 aliphatic rings. The SMILES string of the molecule is NCCC(N)=Cc1cccs1. The van der Waals surface area contributed by atoms with E-state index in [1.165, 1.54) is 4.88 Å². The van der Waals surface area contributed by atoms with Crippen LogP contribution in [-0.2, 0) is 0 Å². The minimum atomic E-state index is 0.619. The Morgan fingerprint density at radius 3 is 3.00 bits per heavy atom. The zero-order valence-corrected chi connectivity index (χ0v) is 7.10. The monoisotopic (exact) mass is 168 g/mol. The lowest BCUT2D eigenvalue weighted by molar-refractivity contribution is 0.944. The van der Waals surface area contributed by atoms with Crippen molar-refractivity contribution in [1.82, 2.24) is 0 Å². The number of thiophene rings is 1. The number of rotatable bonds is 3. The van der Waals surface area contributed by atoms with Gasteiger partial charge in [0.05, 0.1) is 0 Å². The van der Waals surface area contributed by atoms with Gasteiger partial charge >= 0.3 is 0 Å². The van der Waals surface area contributed by atoms with Crippen LogP contribution >= 0.6 is 11.3 Å². The van der Waals surface area contributed by atoms with Gasteiger partial charge in [0.25, 0.3) is 0 Å². The maximum absolute atomic E-state index is 5.66. The summed E-state index contributed by atoms with van der Waals surface area (Å²) in [6.45, 7) is 0.619. The summed E-state index contributed by atoms with van der Waals surface area (Å²) in [5.41, 5.74) is 11.9. The zero-order valence-electron chi connectivity index (χ0n) is 6.29. The molecule has 0 saturated carbocycles. The average Bonchev–Trinajstić information content (AvgIpc) is 2.40. The van der Waals surface area contributed by atoms with Gasteiger partial charge in [-0.05, 0) is 30.5 Å². The first kappa shape index (κ1) is 8.30. The Balaban J connectivity index is 2.58. The van der Waals surface area contributed by atoms with Crippen LogP contribution in [0.3, 0.4) is 0 Å². The highest BCUT2D eigenvalue weighted by molar-refractivity contribution is 7.10. The van der Waals surface area contributed by atoms with Crippen LogP contribution in [0.2, 0.25) is 0 Å². The van der Waals surface area contributed by atoms with Crippen LogP contribution in [0.5, 0.6) is 0 Å². The highest BCUT2D eigenvalue weighted by Crippen LogP contribution is 2.12. The summed E-state index contributed by atoms with van der Waals surface area (Å²) in [5, 5.41) is 2.03. The fourth-order valence-electron chi connectivity index (χ4n) is 0.795. The third-order valence-electron chi connectivity index (χ3n) is 1.30. The van der Waals surface area contributed by atoms with Crippen LogP contribution in [0.1, 0.15) is 11.3 Å². The predicted molar refractivity (Wildman–Crippen MR) is 50.2 cm³/mol. The molecule has 4 N–H and O–H groups in total. The van der Waals surface area contributed by atoms with E-state index in [0.29, 0.717) is 6.54 Å². The molecule has 0 amide bonds. The van der Waals surface area contributed by atoms with Gasteiger partial charge in [-0.1, -0.05) is 6.07 Å². The summed E-state index contributed by atoms with van der Waals surface area (Å²) in [5.74, 6) is 0. The van der Waals surface area contributed by atoms with Crippen molar-refractivity contribution >= 4 is 17.4 Å². The molecule has 0 radical (unpaired) electrons. The minimum absolute atomic E-state index is 0.619. The first-order valence-electron chi connectivity index (χ1n) is 3.52. The van der Waals surface area contributed by atoms with Crippen molar-refractivity contribution in [2.24, 2.45) is 11.5 Å². The summed E-state index contributed by atoms with van der Waals surface area (Å²) in [6, 6.07) is 4.04. The number of hydrogen-bond acceptors (Lipinski definition) is 3. The Hall–Kier alpha value is -0.800. The normalized spacial score (nSPS) is 11.9. The van der Waals surface area contributed by atoms with Crippen molar-refractivity contribution in [1.29, 1.82) is 0 Å². The molecule has 0 saturated heterocycles. The Labute approximate surface area is 70.5 Å². The third-order valence-corrected chi connectivity index (χ3v) is 2.12. The van der Waals surface area contributed by atoms with Crippen LogP contribution in [0.25, 0.3) is 6.08 Å². The van der Waals surface area contributed by atoms with Crippen LogP contribution < -0.4 is 11.5 Å². The molecule has 0 aromatic carbocycles. The molecule has 0 atom stereocenters. The quantitative estimate of drug-likeness (QED) is 0.716. The van der Waals surface area contributed by atoms with Gasteiger partial charge in [0.1, 0.15) is 0 Å². The van der Waals surface area contributed by atoms with Crippen LogP contribution in [0.15, 0.2) is 23.2 Å². The second-order valence-corrected chi connectivity index (χ2v) is 3.25. The maximum atomic E-state index is 5.66. The van der Waals surface area contributed by atoms with Gasteiger partial charge in [-0.25, -0.2) is 0 Å². The molecular weight excluding hydrogens is 156 g/mol. The molecule has 0 fully saturated rings. The number of hydrogen-bond donors (Lipinski definition) is 2. The first-order valence-corrected chi connectivity index (χ1v) is 4.40. The largest absolute Gasteiger partial charge is 0.402 e. The topological polar surface area (TPSA) is 52.0 Å². The lowest BCUT2D eigenvalue weighted by atomic mass is 10.3. The van der Waals surface area contributed by atoms with Crippen molar-refractivity contribution in [3.8, 4) is 0 Å². The predicted octanol–water partition coefficient (Wildman–Crippen LogP) is 1.40. The second-order valence-electron chi connectivity index (χ2n) is 2.27. The highest BCUT2D eigenvalue weighted by Gasteiger charge is 1.90. The molecule has 0 spiro atoms. The van der Waals surface area contributed by atoms with Gasteiger partial charge in [-0.3, -0.25) is 0 Å². The third kappa shape index (κ3) is 2.74. The smallest absolute Gasteiger partial charge is 0.0287 e. The molecule has 11 heavy (non-hydrogen) atoms. The summed E-state index contributed by atoms with van der Waals surface area (Å²) < 4.78 is 0. The van der Waals surface area contributed by atoms with Gasteiger partial charge in [-0.15, -0.1) is 11.3 Å². The molecular formula is C8H12N2S. The molecule has 1 heterocycles. The van der Waals surface area contributed by atoms with E-state index in [9.17, 15) is 0 Å². The molecule has 0 aliphatic carbocycles. The standard InChI is InChI=1S/C8H12N2S/c9-4-3-7(10)6-8-2-1-5-11-8/h1-2,5-6H,3-4,9-10H2. The van der Waals surface area contributed by atoms with Gasteiger partial charge in [0, 0.05) is 10.6 Å².